The Morgan fingerprint density at radius 3 is 2.60 bits per heavy atom. The van der Waals surface area contributed by atoms with E-state index in [1.54, 1.807) is 0 Å². The van der Waals surface area contributed by atoms with E-state index >= 15 is 0 Å². The number of methoxy groups -OCH3 is 1. The fraction of sp³-hybridized carbons (Fsp3) is 0.867. The van der Waals surface area contributed by atoms with Crippen LogP contribution in [0.15, 0.2) is 0 Å². The molecule has 2 aliphatic heterocycles. The molecule has 20 heavy (non-hydrogen) atoms. The minimum absolute atomic E-state index is 0.0678. The standard InChI is InChI=1S/C15H26N2O3/c1-12-5-3-8-17(9-12)14(18)11-16-7-4-6-13(10-16)15(19)20-2/h12-13H,3-11H2,1-2H3. The summed E-state index contributed by atoms with van der Waals surface area (Å²) >= 11 is 0. The van der Waals surface area contributed by atoms with Crippen LogP contribution >= 0.6 is 0 Å². The van der Waals surface area contributed by atoms with E-state index in [4.69, 9.17) is 4.74 Å². The van der Waals surface area contributed by atoms with Gasteiger partial charge >= 0.3 is 5.97 Å². The van der Waals surface area contributed by atoms with Crippen molar-refractivity contribution < 1.29 is 14.3 Å². The zero-order chi connectivity index (χ0) is 14.5. The van der Waals surface area contributed by atoms with Gasteiger partial charge in [0.05, 0.1) is 19.6 Å². The van der Waals surface area contributed by atoms with Gasteiger partial charge in [-0.25, -0.2) is 0 Å². The Kier molecular flexibility index (Phi) is 5.40. The lowest BCUT2D eigenvalue weighted by molar-refractivity contribution is -0.148. The molecule has 1 amide bonds. The summed E-state index contributed by atoms with van der Waals surface area (Å²) in [4.78, 5) is 28.0. The number of rotatable bonds is 3. The number of ether oxygens (including phenoxy) is 1. The smallest absolute Gasteiger partial charge is 0.309 e. The quantitative estimate of drug-likeness (QED) is 0.728. The molecule has 2 saturated heterocycles. The largest absolute Gasteiger partial charge is 0.469 e. The summed E-state index contributed by atoms with van der Waals surface area (Å²) < 4.78 is 4.81. The Labute approximate surface area is 121 Å². The van der Waals surface area contributed by atoms with Crippen molar-refractivity contribution >= 4 is 11.9 Å². The van der Waals surface area contributed by atoms with Gasteiger partial charge < -0.3 is 9.64 Å². The van der Waals surface area contributed by atoms with Crippen molar-refractivity contribution in [1.82, 2.24) is 9.80 Å². The number of carbonyl (C=O) groups is 2. The second-order valence-electron chi connectivity index (χ2n) is 6.18. The van der Waals surface area contributed by atoms with Crippen LogP contribution in [-0.2, 0) is 14.3 Å². The second kappa shape index (κ2) is 7.07. The van der Waals surface area contributed by atoms with Gasteiger partial charge in [-0.1, -0.05) is 6.92 Å². The Morgan fingerprint density at radius 1 is 1.15 bits per heavy atom. The number of hydrogen-bond donors (Lipinski definition) is 0. The van der Waals surface area contributed by atoms with Gasteiger partial charge in [0.15, 0.2) is 0 Å². The van der Waals surface area contributed by atoms with Crippen molar-refractivity contribution in [3.8, 4) is 0 Å². The summed E-state index contributed by atoms with van der Waals surface area (Å²) in [6.45, 7) is 5.98. The molecule has 2 rings (SSSR count). The molecule has 0 saturated carbocycles. The summed E-state index contributed by atoms with van der Waals surface area (Å²) in [5.41, 5.74) is 0. The summed E-state index contributed by atoms with van der Waals surface area (Å²) in [5, 5.41) is 0. The third-order valence-corrected chi connectivity index (χ3v) is 4.41. The number of esters is 1. The Balaban J connectivity index is 1.82. The van der Waals surface area contributed by atoms with Crippen molar-refractivity contribution in [3.63, 3.8) is 0 Å². The van der Waals surface area contributed by atoms with Gasteiger partial charge in [-0.15, -0.1) is 0 Å². The Hall–Kier alpha value is -1.10. The molecule has 2 aliphatic rings. The highest BCUT2D eigenvalue weighted by Gasteiger charge is 2.29. The highest BCUT2D eigenvalue weighted by molar-refractivity contribution is 5.78. The Morgan fingerprint density at radius 2 is 1.90 bits per heavy atom. The molecule has 0 aromatic heterocycles. The van der Waals surface area contributed by atoms with E-state index in [0.29, 0.717) is 19.0 Å². The van der Waals surface area contributed by atoms with E-state index in [1.807, 2.05) is 4.90 Å². The van der Waals surface area contributed by atoms with Crippen LogP contribution in [0.1, 0.15) is 32.6 Å². The average Bonchev–Trinajstić information content (AvgIpc) is 2.46. The van der Waals surface area contributed by atoms with Crippen LogP contribution in [0.4, 0.5) is 0 Å². The van der Waals surface area contributed by atoms with Gasteiger partial charge in [0.1, 0.15) is 0 Å². The van der Waals surface area contributed by atoms with Crippen LogP contribution in [0, 0.1) is 11.8 Å². The zero-order valence-corrected chi connectivity index (χ0v) is 12.6. The van der Waals surface area contributed by atoms with Crippen molar-refractivity contribution in [1.29, 1.82) is 0 Å². The van der Waals surface area contributed by atoms with Crippen LogP contribution in [0.3, 0.4) is 0 Å². The van der Waals surface area contributed by atoms with Crippen LogP contribution in [0.5, 0.6) is 0 Å². The molecule has 5 nitrogen and oxygen atoms in total. The number of nitrogens with zero attached hydrogens (tertiary/aromatic N) is 2. The first-order valence-corrected chi connectivity index (χ1v) is 7.68. The maximum Gasteiger partial charge on any atom is 0.309 e. The van der Waals surface area contributed by atoms with Crippen molar-refractivity contribution in [2.75, 3.05) is 39.8 Å². The molecule has 2 fully saturated rings. The lowest BCUT2D eigenvalue weighted by Crippen LogP contribution is -2.48. The zero-order valence-electron chi connectivity index (χ0n) is 12.6. The molecule has 2 heterocycles. The number of amides is 1. The molecule has 0 N–H and O–H groups in total. The first-order valence-electron chi connectivity index (χ1n) is 7.68. The van der Waals surface area contributed by atoms with Crippen LogP contribution in [-0.4, -0.2) is 61.5 Å². The lowest BCUT2D eigenvalue weighted by atomic mass is 9.98. The molecule has 0 radical (unpaired) electrons. The van der Waals surface area contributed by atoms with Gasteiger partial charge in [-0.3, -0.25) is 14.5 Å². The molecule has 2 unspecified atom stereocenters. The first kappa shape index (κ1) is 15.3. The molecule has 114 valence electrons. The average molecular weight is 282 g/mol. The molecule has 0 aromatic rings. The SMILES string of the molecule is COC(=O)C1CCCN(CC(=O)N2CCCC(C)C2)C1. The number of likely N-dealkylation sites (tertiary alicyclic amines) is 2. The normalized spacial score (nSPS) is 28.2. The predicted molar refractivity (Wildman–Crippen MR) is 76.2 cm³/mol. The predicted octanol–water partition coefficient (Wildman–Crippen LogP) is 1.13. The first-order chi connectivity index (χ1) is 9.60. The molecule has 2 atom stereocenters. The minimum Gasteiger partial charge on any atom is -0.469 e. The van der Waals surface area contributed by atoms with Crippen molar-refractivity contribution in [3.05, 3.63) is 0 Å². The topological polar surface area (TPSA) is 49.9 Å². The van der Waals surface area contributed by atoms with Gasteiger partial charge in [0, 0.05) is 19.6 Å². The van der Waals surface area contributed by atoms with Crippen LogP contribution in [0.2, 0.25) is 0 Å². The monoisotopic (exact) mass is 282 g/mol. The number of piperidine rings is 2. The molecular formula is C15H26N2O3. The summed E-state index contributed by atoms with van der Waals surface area (Å²) in [6, 6.07) is 0. The maximum atomic E-state index is 12.3. The van der Waals surface area contributed by atoms with Crippen molar-refractivity contribution in [2.45, 2.75) is 32.6 Å². The number of hydrogen-bond acceptors (Lipinski definition) is 4. The van der Waals surface area contributed by atoms with Gasteiger partial charge in [0.25, 0.3) is 0 Å². The fourth-order valence-electron chi connectivity index (χ4n) is 3.27. The van der Waals surface area contributed by atoms with Crippen LogP contribution < -0.4 is 0 Å². The molecule has 0 aliphatic carbocycles. The Bertz CT molecular complexity index is 359. The van der Waals surface area contributed by atoms with Crippen molar-refractivity contribution in [2.24, 2.45) is 11.8 Å². The summed E-state index contributed by atoms with van der Waals surface area (Å²) in [5.74, 6) is 0.606. The highest BCUT2D eigenvalue weighted by atomic mass is 16.5. The van der Waals surface area contributed by atoms with E-state index in [2.05, 4.69) is 11.8 Å². The molecule has 0 spiro atoms. The summed E-state index contributed by atoms with van der Waals surface area (Å²) in [6.07, 6.45) is 4.16. The van der Waals surface area contributed by atoms with E-state index < -0.39 is 0 Å². The fourth-order valence-corrected chi connectivity index (χ4v) is 3.27. The lowest BCUT2D eigenvalue weighted by Gasteiger charge is -2.35. The van der Waals surface area contributed by atoms with Crippen LogP contribution in [0.25, 0.3) is 0 Å². The molecular weight excluding hydrogens is 256 g/mol. The number of carbonyl (C=O) groups excluding carboxylic acids is 2. The highest BCUT2D eigenvalue weighted by Crippen LogP contribution is 2.19. The molecule has 5 heteroatoms. The van der Waals surface area contributed by atoms with Gasteiger partial charge in [-0.05, 0) is 38.1 Å². The van der Waals surface area contributed by atoms with Gasteiger partial charge in [-0.2, -0.15) is 0 Å². The summed E-state index contributed by atoms with van der Waals surface area (Å²) in [7, 11) is 1.43. The molecule has 0 aromatic carbocycles. The second-order valence-corrected chi connectivity index (χ2v) is 6.18. The van der Waals surface area contributed by atoms with E-state index in [-0.39, 0.29) is 17.8 Å². The van der Waals surface area contributed by atoms with Gasteiger partial charge in [0.2, 0.25) is 5.91 Å². The molecule has 0 bridgehead atoms. The maximum absolute atomic E-state index is 12.3. The van der Waals surface area contributed by atoms with E-state index in [1.165, 1.54) is 13.5 Å². The third-order valence-electron chi connectivity index (χ3n) is 4.41. The van der Waals surface area contributed by atoms with E-state index in [0.717, 1.165) is 38.9 Å². The van der Waals surface area contributed by atoms with E-state index in [9.17, 15) is 9.59 Å². The third kappa shape index (κ3) is 3.95. The minimum atomic E-state index is -0.145.